The van der Waals surface area contributed by atoms with Crippen molar-refractivity contribution in [2.45, 2.75) is 26.2 Å². The number of aromatic carboxylic acids is 1. The van der Waals surface area contributed by atoms with Gasteiger partial charge in [-0.3, -0.25) is 0 Å². The molecule has 0 aromatic heterocycles. The molecule has 3 nitrogen and oxygen atoms in total. The molecule has 3 heteroatoms. The van der Waals surface area contributed by atoms with E-state index in [0.717, 1.165) is 19.3 Å². The van der Waals surface area contributed by atoms with Crippen molar-refractivity contribution in [2.75, 3.05) is 5.32 Å². The summed E-state index contributed by atoms with van der Waals surface area (Å²) < 4.78 is 0. The van der Waals surface area contributed by atoms with Gasteiger partial charge in [0.2, 0.25) is 0 Å². The molecule has 0 aliphatic heterocycles. The summed E-state index contributed by atoms with van der Waals surface area (Å²) in [6.45, 7) is 2.14. The summed E-state index contributed by atoms with van der Waals surface area (Å²) in [6.07, 6.45) is 7.15. The summed E-state index contributed by atoms with van der Waals surface area (Å²) in [5.74, 6) is -0.912. The maximum Gasteiger partial charge on any atom is 0.337 e. The van der Waals surface area contributed by atoms with Gasteiger partial charge in [-0.05, 0) is 24.8 Å². The first-order valence-electron chi connectivity index (χ1n) is 5.49. The Morgan fingerprint density at radius 3 is 2.88 bits per heavy atom. The topological polar surface area (TPSA) is 49.3 Å². The van der Waals surface area contributed by atoms with Crippen molar-refractivity contribution in [1.29, 1.82) is 0 Å². The van der Waals surface area contributed by atoms with Gasteiger partial charge in [-0.2, -0.15) is 0 Å². The molecule has 86 valence electrons. The van der Waals surface area contributed by atoms with Crippen molar-refractivity contribution >= 4 is 11.7 Å². The summed E-state index contributed by atoms with van der Waals surface area (Å²) in [6, 6.07) is 6.88. The number of allylic oxidation sites excluding steroid dienone is 1. The second-order valence-corrected chi connectivity index (χ2v) is 3.54. The van der Waals surface area contributed by atoms with Gasteiger partial charge in [-0.1, -0.05) is 38.0 Å². The van der Waals surface area contributed by atoms with Gasteiger partial charge in [0.05, 0.1) is 11.3 Å². The second kappa shape index (κ2) is 6.67. The number of anilines is 1. The highest BCUT2D eigenvalue weighted by atomic mass is 16.4. The standard InChI is InChI=1S/C13H17NO2/c1-2-3-4-7-10-14-12-9-6-5-8-11(12)13(15)16/h5-10,14H,2-4H2,1H3,(H,15,16). The predicted octanol–water partition coefficient (Wildman–Crippen LogP) is 3.50. The lowest BCUT2D eigenvalue weighted by Crippen LogP contribution is -2.01. The molecule has 1 rings (SSSR count). The number of hydrogen-bond acceptors (Lipinski definition) is 2. The number of rotatable bonds is 6. The van der Waals surface area contributed by atoms with Crippen molar-refractivity contribution in [2.24, 2.45) is 0 Å². The van der Waals surface area contributed by atoms with Crippen LogP contribution in [-0.2, 0) is 0 Å². The van der Waals surface area contributed by atoms with Gasteiger partial charge in [0.1, 0.15) is 0 Å². The Balaban J connectivity index is 2.59. The number of carboxylic acids is 1. The van der Waals surface area contributed by atoms with E-state index in [0.29, 0.717) is 11.3 Å². The highest BCUT2D eigenvalue weighted by molar-refractivity contribution is 5.94. The Kier molecular flexibility index (Phi) is 5.12. The molecule has 0 bridgehead atoms. The lowest BCUT2D eigenvalue weighted by atomic mass is 10.2. The van der Waals surface area contributed by atoms with E-state index in [1.165, 1.54) is 0 Å². The number of unbranched alkanes of at least 4 members (excludes halogenated alkanes) is 2. The van der Waals surface area contributed by atoms with Crippen molar-refractivity contribution in [3.8, 4) is 0 Å². The average Bonchev–Trinajstić information content (AvgIpc) is 2.29. The fraction of sp³-hybridized carbons (Fsp3) is 0.308. The predicted molar refractivity (Wildman–Crippen MR) is 65.7 cm³/mol. The molecule has 16 heavy (non-hydrogen) atoms. The largest absolute Gasteiger partial charge is 0.478 e. The normalized spacial score (nSPS) is 10.6. The van der Waals surface area contributed by atoms with Crippen LogP contribution in [0.15, 0.2) is 36.5 Å². The van der Waals surface area contributed by atoms with Crippen LogP contribution in [0.2, 0.25) is 0 Å². The summed E-state index contributed by atoms with van der Waals surface area (Å²) in [7, 11) is 0. The maximum absolute atomic E-state index is 10.9. The SMILES string of the molecule is CCCCC=CNc1ccccc1C(=O)O. The van der Waals surface area contributed by atoms with Crippen LogP contribution in [-0.4, -0.2) is 11.1 Å². The second-order valence-electron chi connectivity index (χ2n) is 3.54. The molecular formula is C13H17NO2. The van der Waals surface area contributed by atoms with E-state index in [9.17, 15) is 4.79 Å². The molecule has 0 spiro atoms. The number of carbonyl (C=O) groups is 1. The van der Waals surface area contributed by atoms with Gasteiger partial charge < -0.3 is 10.4 Å². The van der Waals surface area contributed by atoms with Crippen molar-refractivity contribution in [1.82, 2.24) is 0 Å². The van der Waals surface area contributed by atoms with Crippen molar-refractivity contribution in [3.63, 3.8) is 0 Å². The van der Waals surface area contributed by atoms with E-state index in [1.807, 2.05) is 12.1 Å². The van der Waals surface area contributed by atoms with Crippen molar-refractivity contribution < 1.29 is 9.90 Å². The minimum absolute atomic E-state index is 0.294. The molecule has 0 saturated heterocycles. The molecule has 1 aromatic rings. The molecule has 0 radical (unpaired) electrons. The quantitative estimate of drug-likeness (QED) is 0.720. The Morgan fingerprint density at radius 1 is 1.44 bits per heavy atom. The number of benzene rings is 1. The van der Waals surface area contributed by atoms with E-state index in [-0.39, 0.29) is 0 Å². The number of para-hydroxylation sites is 1. The van der Waals surface area contributed by atoms with Gasteiger partial charge in [0, 0.05) is 0 Å². The molecule has 0 aliphatic rings. The Hall–Kier alpha value is -1.77. The van der Waals surface area contributed by atoms with Crippen LogP contribution in [0.3, 0.4) is 0 Å². The molecule has 0 fully saturated rings. The third-order valence-electron chi connectivity index (χ3n) is 2.24. The molecular weight excluding hydrogens is 202 g/mol. The molecule has 1 aromatic carbocycles. The Bertz CT molecular complexity index is 372. The van der Waals surface area contributed by atoms with Crippen LogP contribution >= 0.6 is 0 Å². The van der Waals surface area contributed by atoms with Crippen LogP contribution in [0, 0.1) is 0 Å². The van der Waals surface area contributed by atoms with E-state index < -0.39 is 5.97 Å². The third kappa shape index (κ3) is 3.77. The minimum Gasteiger partial charge on any atom is -0.478 e. The lowest BCUT2D eigenvalue weighted by molar-refractivity contribution is 0.0698. The third-order valence-corrected chi connectivity index (χ3v) is 2.24. The highest BCUT2D eigenvalue weighted by Crippen LogP contribution is 2.14. The van der Waals surface area contributed by atoms with Crippen LogP contribution in [0.25, 0.3) is 0 Å². The fourth-order valence-corrected chi connectivity index (χ4v) is 1.35. The zero-order valence-electron chi connectivity index (χ0n) is 9.44. The Morgan fingerprint density at radius 2 is 2.19 bits per heavy atom. The van der Waals surface area contributed by atoms with Gasteiger partial charge >= 0.3 is 5.97 Å². The summed E-state index contributed by atoms with van der Waals surface area (Å²) >= 11 is 0. The highest BCUT2D eigenvalue weighted by Gasteiger charge is 2.06. The molecule has 0 saturated carbocycles. The molecule has 0 amide bonds. The maximum atomic E-state index is 10.9. The smallest absolute Gasteiger partial charge is 0.337 e. The number of nitrogens with one attached hydrogen (secondary N) is 1. The first-order chi connectivity index (χ1) is 7.75. The van der Waals surface area contributed by atoms with E-state index in [1.54, 1.807) is 24.4 Å². The van der Waals surface area contributed by atoms with Crippen LogP contribution in [0.1, 0.15) is 36.5 Å². The summed E-state index contributed by atoms with van der Waals surface area (Å²) in [5.41, 5.74) is 0.922. The Labute approximate surface area is 95.8 Å². The molecule has 0 atom stereocenters. The summed E-state index contributed by atoms with van der Waals surface area (Å²) in [5, 5.41) is 11.9. The average molecular weight is 219 g/mol. The van der Waals surface area contributed by atoms with Gasteiger partial charge in [0.15, 0.2) is 0 Å². The van der Waals surface area contributed by atoms with E-state index >= 15 is 0 Å². The monoisotopic (exact) mass is 219 g/mol. The summed E-state index contributed by atoms with van der Waals surface area (Å²) in [4.78, 5) is 10.9. The van der Waals surface area contributed by atoms with Gasteiger partial charge in [-0.25, -0.2) is 4.79 Å². The van der Waals surface area contributed by atoms with E-state index in [4.69, 9.17) is 5.11 Å². The first-order valence-corrected chi connectivity index (χ1v) is 5.49. The number of hydrogen-bond donors (Lipinski definition) is 2. The molecule has 0 aliphatic carbocycles. The van der Waals surface area contributed by atoms with Crippen LogP contribution in [0.5, 0.6) is 0 Å². The van der Waals surface area contributed by atoms with E-state index in [2.05, 4.69) is 12.2 Å². The zero-order chi connectivity index (χ0) is 11.8. The zero-order valence-corrected chi connectivity index (χ0v) is 9.44. The van der Waals surface area contributed by atoms with Crippen LogP contribution in [0.4, 0.5) is 5.69 Å². The van der Waals surface area contributed by atoms with Crippen molar-refractivity contribution in [3.05, 3.63) is 42.1 Å². The van der Waals surface area contributed by atoms with Crippen LogP contribution < -0.4 is 5.32 Å². The minimum atomic E-state index is -0.912. The first kappa shape index (κ1) is 12.3. The molecule has 2 N–H and O–H groups in total. The fourth-order valence-electron chi connectivity index (χ4n) is 1.35. The lowest BCUT2D eigenvalue weighted by Gasteiger charge is -2.04. The molecule has 0 unspecified atom stereocenters. The number of carboxylic acid groups (broad SMARTS) is 1. The molecule has 0 heterocycles. The van der Waals surface area contributed by atoms with Gasteiger partial charge in [-0.15, -0.1) is 0 Å². The van der Waals surface area contributed by atoms with Gasteiger partial charge in [0.25, 0.3) is 0 Å².